The summed E-state index contributed by atoms with van der Waals surface area (Å²) in [6.45, 7) is 0. The van der Waals surface area contributed by atoms with Gasteiger partial charge in [-0.1, -0.05) is 23.2 Å². The highest BCUT2D eigenvalue weighted by atomic mass is 35.5. The van der Waals surface area contributed by atoms with Gasteiger partial charge in [0.25, 0.3) is 0 Å². The summed E-state index contributed by atoms with van der Waals surface area (Å²) < 4.78 is 5.73. The maximum Gasteiger partial charge on any atom is 0.103 e. The van der Waals surface area contributed by atoms with Gasteiger partial charge in [-0.15, -0.1) is 34.8 Å². The van der Waals surface area contributed by atoms with Crippen LogP contribution in [0.5, 0.6) is 0 Å². The number of ether oxygens (including phenoxy) is 1. The number of rotatable bonds is 0. The highest BCUT2D eigenvalue weighted by Crippen LogP contribution is 2.79. The summed E-state index contributed by atoms with van der Waals surface area (Å²) in [4.78, 5) is -1.58. The summed E-state index contributed by atoms with van der Waals surface area (Å²) in [5.41, 5.74) is 0. The summed E-state index contributed by atoms with van der Waals surface area (Å²) in [5, 5.41) is 0.504. The molecule has 1 saturated heterocycles. The van der Waals surface area contributed by atoms with Crippen molar-refractivity contribution in [3.8, 4) is 0 Å². The monoisotopic (exact) mass is 344 g/mol. The number of allylic oxidation sites excluding steroid dienone is 2. The average molecular weight is 346 g/mol. The first kappa shape index (κ1) is 11.8. The first-order valence-corrected chi connectivity index (χ1v) is 8.12. The predicted molar refractivity (Wildman–Crippen MR) is 72.8 cm³/mol. The Bertz CT molecular complexity index is 479. The molecule has 3 saturated carbocycles. The summed E-state index contributed by atoms with van der Waals surface area (Å²) >= 11 is 32.9. The minimum absolute atomic E-state index is 0.211. The van der Waals surface area contributed by atoms with Gasteiger partial charge >= 0.3 is 0 Å². The Labute approximate surface area is 130 Å². The van der Waals surface area contributed by atoms with Gasteiger partial charge in [0.15, 0.2) is 0 Å². The summed E-state index contributed by atoms with van der Waals surface area (Å²) in [6, 6.07) is 0. The first-order chi connectivity index (χ1) is 8.43. The van der Waals surface area contributed by atoms with E-state index in [-0.39, 0.29) is 11.8 Å². The van der Waals surface area contributed by atoms with E-state index < -0.39 is 15.1 Å². The molecule has 98 valence electrons. The van der Waals surface area contributed by atoms with Gasteiger partial charge in [-0.25, -0.2) is 0 Å². The minimum atomic E-state index is -0.789. The Kier molecular flexibility index (Phi) is 1.96. The van der Waals surface area contributed by atoms with E-state index in [4.69, 9.17) is 62.7 Å². The van der Waals surface area contributed by atoms with Gasteiger partial charge in [-0.05, 0) is 30.1 Å². The van der Waals surface area contributed by atoms with Crippen LogP contribution in [0.1, 0.15) is 6.42 Å². The number of hydrogen-bond acceptors (Lipinski definition) is 1. The van der Waals surface area contributed by atoms with Crippen molar-refractivity contribution in [1.82, 2.24) is 0 Å². The second kappa shape index (κ2) is 3.00. The third kappa shape index (κ3) is 0.884. The molecule has 5 rings (SSSR count). The largest absolute Gasteiger partial charge is 0.369 e. The molecule has 4 fully saturated rings. The van der Waals surface area contributed by atoms with Crippen LogP contribution in [0.4, 0.5) is 0 Å². The molecular weight excluding hydrogens is 337 g/mol. The van der Waals surface area contributed by atoms with E-state index in [1.165, 1.54) is 0 Å². The Hall–Kier alpha value is 1.15. The Morgan fingerprint density at radius 2 is 1.39 bits per heavy atom. The van der Waals surface area contributed by atoms with Crippen molar-refractivity contribution in [2.75, 3.05) is 0 Å². The topological polar surface area (TPSA) is 12.5 Å². The van der Waals surface area contributed by atoms with E-state index in [1.54, 1.807) is 0 Å². The van der Waals surface area contributed by atoms with Crippen LogP contribution in [0.15, 0.2) is 10.1 Å². The van der Waals surface area contributed by atoms with Gasteiger partial charge in [-0.3, -0.25) is 0 Å². The molecule has 0 aromatic rings. The van der Waals surface area contributed by atoms with Crippen molar-refractivity contribution in [3.63, 3.8) is 0 Å². The third-order valence-corrected chi connectivity index (χ3v) is 9.36. The molecule has 1 aliphatic heterocycles. The quantitative estimate of drug-likeness (QED) is 0.368. The van der Waals surface area contributed by atoms with E-state index in [1.807, 2.05) is 0 Å². The van der Waals surface area contributed by atoms with Gasteiger partial charge in [0.2, 0.25) is 0 Å². The van der Waals surface area contributed by atoms with Crippen molar-refractivity contribution < 1.29 is 4.74 Å². The molecule has 0 N–H and O–H groups in total. The third-order valence-electron chi connectivity index (χ3n) is 5.83. The van der Waals surface area contributed by atoms with E-state index >= 15 is 0 Å². The van der Waals surface area contributed by atoms with Crippen molar-refractivity contribution >= 4 is 58.0 Å². The van der Waals surface area contributed by atoms with Crippen LogP contribution in [0.3, 0.4) is 0 Å². The summed E-state index contributed by atoms with van der Waals surface area (Å²) in [6.07, 6.45) is 1.85. The molecule has 0 radical (unpaired) electrons. The lowest BCUT2D eigenvalue weighted by molar-refractivity contribution is 0.239. The van der Waals surface area contributed by atoms with E-state index in [0.717, 1.165) is 6.42 Å². The maximum atomic E-state index is 6.81. The van der Waals surface area contributed by atoms with Gasteiger partial charge in [-0.2, -0.15) is 0 Å². The lowest BCUT2D eigenvalue weighted by Crippen LogP contribution is -2.42. The lowest BCUT2D eigenvalue weighted by atomic mass is 9.73. The van der Waals surface area contributed by atoms with Crippen LogP contribution < -0.4 is 0 Å². The number of fused-ring (bicyclic) bond motifs is 12. The predicted octanol–water partition coefficient (Wildman–Crippen LogP) is 3.91. The number of hydrogen-bond donors (Lipinski definition) is 0. The molecule has 0 aromatic carbocycles. The Morgan fingerprint density at radius 1 is 0.944 bits per heavy atom. The van der Waals surface area contributed by atoms with Crippen LogP contribution in [0.25, 0.3) is 0 Å². The van der Waals surface area contributed by atoms with Crippen molar-refractivity contribution in [1.29, 1.82) is 0 Å². The zero-order valence-electron chi connectivity index (χ0n) is 9.05. The smallest absolute Gasteiger partial charge is 0.103 e. The normalized spacial score (nSPS) is 70.8. The Morgan fingerprint density at radius 3 is 1.83 bits per heavy atom. The molecule has 0 amide bonds. The molecule has 18 heavy (non-hydrogen) atoms. The molecule has 0 aromatic heterocycles. The highest BCUT2D eigenvalue weighted by molar-refractivity contribution is 6.55. The summed E-state index contributed by atoms with van der Waals surface area (Å²) in [7, 11) is 0. The van der Waals surface area contributed by atoms with E-state index in [2.05, 4.69) is 0 Å². The minimum Gasteiger partial charge on any atom is -0.369 e. The van der Waals surface area contributed by atoms with Gasteiger partial charge in [0.1, 0.15) is 9.75 Å². The molecule has 4 bridgehead atoms. The fraction of sp³-hybridized carbons (Fsp3) is 0.833. The molecule has 1 heterocycles. The van der Waals surface area contributed by atoms with Gasteiger partial charge < -0.3 is 4.74 Å². The molecule has 1 unspecified atom stereocenters. The summed E-state index contributed by atoms with van der Waals surface area (Å²) in [5.74, 6) is 1.32. The maximum absolute atomic E-state index is 6.81. The Balaban J connectivity index is 1.77. The van der Waals surface area contributed by atoms with Crippen LogP contribution in [-0.4, -0.2) is 27.3 Å². The molecule has 4 aliphatic carbocycles. The van der Waals surface area contributed by atoms with Crippen LogP contribution in [0, 0.1) is 23.7 Å². The molecule has 5 aliphatic rings. The van der Waals surface area contributed by atoms with Crippen LogP contribution in [-0.2, 0) is 4.74 Å². The van der Waals surface area contributed by atoms with Crippen molar-refractivity contribution in [2.24, 2.45) is 23.7 Å². The van der Waals surface area contributed by atoms with Crippen molar-refractivity contribution in [2.45, 2.75) is 33.8 Å². The number of alkyl halides is 3. The zero-order valence-corrected chi connectivity index (χ0v) is 12.8. The number of halogens is 5. The first-order valence-electron chi connectivity index (χ1n) is 6.17. The SMILES string of the molecule is ClC1=C(Cl)[C@]2(Cl)C(Cl)[C@@]1(Cl)[C@@H]1[C@H]3C[C@H]([C@@H]4O[C@H]34)[C@@H]12. The van der Waals surface area contributed by atoms with Gasteiger partial charge in [0.05, 0.1) is 27.6 Å². The molecule has 9 atom stereocenters. The zero-order chi connectivity index (χ0) is 12.6. The van der Waals surface area contributed by atoms with Crippen LogP contribution >= 0.6 is 58.0 Å². The molecule has 6 heteroatoms. The fourth-order valence-electron chi connectivity index (χ4n) is 5.28. The van der Waals surface area contributed by atoms with E-state index in [0.29, 0.717) is 34.1 Å². The fourth-order valence-corrected chi connectivity index (χ4v) is 7.97. The van der Waals surface area contributed by atoms with E-state index in [9.17, 15) is 0 Å². The second-order valence-electron chi connectivity index (χ2n) is 6.21. The van der Waals surface area contributed by atoms with Gasteiger partial charge in [0, 0.05) is 0 Å². The highest BCUT2D eigenvalue weighted by Gasteiger charge is 2.84. The molecule has 1 nitrogen and oxygen atoms in total. The molecule has 0 spiro atoms. The lowest BCUT2D eigenvalue weighted by Gasteiger charge is -2.38. The average Bonchev–Trinajstić information content (AvgIpc) is 2.88. The van der Waals surface area contributed by atoms with Crippen LogP contribution in [0.2, 0.25) is 0 Å². The molecular formula is C12H9Cl5O. The second-order valence-corrected chi connectivity index (χ2v) is 8.65. The standard InChI is InChI=1S/C12H9Cl5O/c13-8-9(14)12(17)5-3-1-2(6-7(3)18-6)4(5)11(8,16)10(12)15/h2-7,10H,1H2/t2-,3+,4-,5+,6-,7+,10?,11-,12+. The van der Waals surface area contributed by atoms with Crippen molar-refractivity contribution in [3.05, 3.63) is 10.1 Å². The number of epoxide rings is 1.